The number of hydrogen-bond acceptors (Lipinski definition) is 6. The molecule has 24 heavy (non-hydrogen) atoms. The molecule has 1 amide bonds. The maximum atomic E-state index is 12.1. The van der Waals surface area contributed by atoms with Gasteiger partial charge in [-0.05, 0) is 18.2 Å². The number of pyridine rings is 1. The lowest BCUT2D eigenvalue weighted by atomic mass is 10.2. The molecule has 2 aromatic rings. The summed E-state index contributed by atoms with van der Waals surface area (Å²) in [6.07, 6.45) is 2.14. The van der Waals surface area contributed by atoms with Crippen LogP contribution in [0, 0.1) is 0 Å². The number of amides is 1. The predicted octanol–water partition coefficient (Wildman–Crippen LogP) is 1.92. The van der Waals surface area contributed by atoms with Gasteiger partial charge in [-0.25, -0.2) is 4.98 Å². The van der Waals surface area contributed by atoms with Gasteiger partial charge in [-0.3, -0.25) is 4.79 Å². The van der Waals surface area contributed by atoms with Crippen LogP contribution in [0.3, 0.4) is 0 Å². The summed E-state index contributed by atoms with van der Waals surface area (Å²) in [4.78, 5) is 16.2. The summed E-state index contributed by atoms with van der Waals surface area (Å²) in [6, 6.07) is 4.85. The second kappa shape index (κ2) is 7.65. The second-order valence-electron chi connectivity index (χ2n) is 5.32. The summed E-state index contributed by atoms with van der Waals surface area (Å²) in [7, 11) is 0. The number of halogens is 1. The minimum Gasteiger partial charge on any atom is -0.471 e. The van der Waals surface area contributed by atoms with E-state index in [2.05, 4.69) is 10.3 Å². The third-order valence-electron chi connectivity index (χ3n) is 3.53. The summed E-state index contributed by atoms with van der Waals surface area (Å²) in [5, 5.41) is 11.9. The third-order valence-corrected chi connectivity index (χ3v) is 3.80. The first-order chi connectivity index (χ1) is 11.7. The molecule has 2 N–H and O–H groups in total. The van der Waals surface area contributed by atoms with Crippen molar-refractivity contribution in [3.8, 4) is 5.88 Å². The van der Waals surface area contributed by atoms with Crippen molar-refractivity contribution in [1.82, 2.24) is 10.3 Å². The van der Waals surface area contributed by atoms with Crippen molar-refractivity contribution in [2.75, 3.05) is 13.2 Å². The van der Waals surface area contributed by atoms with Crippen LogP contribution in [-0.4, -0.2) is 35.3 Å². The van der Waals surface area contributed by atoms with Gasteiger partial charge in [0.05, 0.1) is 25.3 Å². The zero-order chi connectivity index (χ0) is 16.9. The van der Waals surface area contributed by atoms with Gasteiger partial charge >= 0.3 is 0 Å². The normalized spacial score (nSPS) is 17.0. The molecule has 1 aliphatic rings. The second-order valence-corrected chi connectivity index (χ2v) is 5.73. The first-order valence-electron chi connectivity index (χ1n) is 7.52. The van der Waals surface area contributed by atoms with Gasteiger partial charge in [0.15, 0.2) is 0 Å². The molecule has 1 aliphatic heterocycles. The van der Waals surface area contributed by atoms with Crippen molar-refractivity contribution < 1.29 is 23.8 Å². The maximum Gasteiger partial charge on any atom is 0.253 e. The fourth-order valence-corrected chi connectivity index (χ4v) is 2.48. The van der Waals surface area contributed by atoms with E-state index < -0.39 is 0 Å². The van der Waals surface area contributed by atoms with Crippen LogP contribution in [0.25, 0.3) is 0 Å². The van der Waals surface area contributed by atoms with Crippen LogP contribution in [0.2, 0.25) is 5.02 Å². The van der Waals surface area contributed by atoms with Crippen LogP contribution in [0.4, 0.5) is 0 Å². The zero-order valence-electron chi connectivity index (χ0n) is 12.8. The van der Waals surface area contributed by atoms with E-state index in [-0.39, 0.29) is 30.2 Å². The van der Waals surface area contributed by atoms with Crippen molar-refractivity contribution in [3.05, 3.63) is 46.5 Å². The van der Waals surface area contributed by atoms with Crippen LogP contribution in [-0.2, 0) is 17.9 Å². The molecule has 8 heteroatoms. The van der Waals surface area contributed by atoms with Crippen molar-refractivity contribution in [3.63, 3.8) is 0 Å². The van der Waals surface area contributed by atoms with Crippen molar-refractivity contribution in [2.24, 2.45) is 0 Å². The van der Waals surface area contributed by atoms with Gasteiger partial charge in [-0.2, -0.15) is 0 Å². The molecular formula is C16H17ClN2O5. The lowest BCUT2D eigenvalue weighted by Crippen LogP contribution is -2.23. The van der Waals surface area contributed by atoms with Gasteiger partial charge in [0.1, 0.15) is 29.3 Å². The molecule has 3 rings (SSSR count). The average Bonchev–Trinajstić information content (AvgIpc) is 3.25. The summed E-state index contributed by atoms with van der Waals surface area (Å²) >= 11 is 6.14. The highest BCUT2D eigenvalue weighted by atomic mass is 35.5. The minimum absolute atomic E-state index is 0.0608. The minimum atomic E-state index is -0.331. The average molecular weight is 353 g/mol. The number of furan rings is 1. The number of carbonyl (C=O) groups excluding carboxylic acids is 1. The number of aliphatic hydroxyl groups is 1. The number of carbonyl (C=O) groups is 1. The quantitative estimate of drug-likeness (QED) is 0.825. The van der Waals surface area contributed by atoms with Gasteiger partial charge in [-0.15, -0.1) is 0 Å². The van der Waals surface area contributed by atoms with Gasteiger partial charge in [0.25, 0.3) is 5.91 Å². The highest BCUT2D eigenvalue weighted by Crippen LogP contribution is 2.25. The number of nitrogens with zero attached hydrogens (tertiary/aromatic N) is 1. The lowest BCUT2D eigenvalue weighted by Gasteiger charge is -2.12. The maximum absolute atomic E-state index is 12.1. The summed E-state index contributed by atoms with van der Waals surface area (Å²) < 4.78 is 16.2. The summed E-state index contributed by atoms with van der Waals surface area (Å²) in [5.41, 5.74) is 0.323. The molecule has 0 radical (unpaired) electrons. The molecule has 1 fully saturated rings. The van der Waals surface area contributed by atoms with E-state index in [1.165, 1.54) is 12.3 Å². The molecule has 3 heterocycles. The SMILES string of the molecule is O=C(NCc1ccc(CO)o1)c1cnc(OC2CCOC2)c(Cl)c1. The van der Waals surface area contributed by atoms with Gasteiger partial charge < -0.3 is 24.3 Å². The van der Waals surface area contributed by atoms with Crippen LogP contribution >= 0.6 is 11.6 Å². The topological polar surface area (TPSA) is 93.8 Å². The highest BCUT2D eigenvalue weighted by Gasteiger charge is 2.20. The first kappa shape index (κ1) is 16.8. The molecule has 2 aromatic heterocycles. The molecule has 7 nitrogen and oxygen atoms in total. The highest BCUT2D eigenvalue weighted by molar-refractivity contribution is 6.32. The fraction of sp³-hybridized carbons (Fsp3) is 0.375. The van der Waals surface area contributed by atoms with Gasteiger partial charge in [0.2, 0.25) is 5.88 Å². The Hall–Kier alpha value is -2.09. The van der Waals surface area contributed by atoms with Crippen LogP contribution in [0.15, 0.2) is 28.8 Å². The van der Waals surface area contributed by atoms with E-state index in [0.717, 1.165) is 6.42 Å². The van der Waals surface area contributed by atoms with Gasteiger partial charge in [-0.1, -0.05) is 11.6 Å². The smallest absolute Gasteiger partial charge is 0.253 e. The Kier molecular flexibility index (Phi) is 5.34. The van der Waals surface area contributed by atoms with Gasteiger partial charge in [0, 0.05) is 12.6 Å². The summed E-state index contributed by atoms with van der Waals surface area (Å²) in [6.45, 7) is 1.20. The summed E-state index contributed by atoms with van der Waals surface area (Å²) in [5.74, 6) is 0.957. The Morgan fingerprint density at radius 2 is 2.29 bits per heavy atom. The molecule has 0 aliphatic carbocycles. The number of aromatic nitrogens is 1. The molecule has 0 saturated carbocycles. The van der Waals surface area contributed by atoms with Crippen LogP contribution < -0.4 is 10.1 Å². The van der Waals surface area contributed by atoms with Crippen molar-refractivity contribution >= 4 is 17.5 Å². The first-order valence-corrected chi connectivity index (χ1v) is 7.90. The molecule has 1 unspecified atom stereocenters. The van der Waals surface area contributed by atoms with Crippen LogP contribution in [0.5, 0.6) is 5.88 Å². The Bertz CT molecular complexity index is 712. The molecule has 1 saturated heterocycles. The molecule has 0 spiro atoms. The number of hydrogen-bond donors (Lipinski definition) is 2. The van der Waals surface area contributed by atoms with E-state index in [9.17, 15) is 4.79 Å². The third kappa shape index (κ3) is 4.05. The largest absolute Gasteiger partial charge is 0.471 e. The van der Waals surface area contributed by atoms with E-state index in [4.69, 9.17) is 30.6 Å². The molecule has 0 bridgehead atoms. The number of nitrogens with one attached hydrogen (secondary N) is 1. The Morgan fingerprint density at radius 1 is 1.46 bits per heavy atom. The van der Waals surface area contributed by atoms with Crippen LogP contribution in [0.1, 0.15) is 28.3 Å². The Balaban J connectivity index is 1.59. The van der Waals surface area contributed by atoms with E-state index in [1.807, 2.05) is 0 Å². The number of aliphatic hydroxyl groups excluding tert-OH is 1. The molecule has 0 aromatic carbocycles. The monoisotopic (exact) mass is 352 g/mol. The predicted molar refractivity (Wildman–Crippen MR) is 84.9 cm³/mol. The van der Waals surface area contributed by atoms with E-state index in [1.54, 1.807) is 12.1 Å². The zero-order valence-corrected chi connectivity index (χ0v) is 13.6. The molecular weight excluding hydrogens is 336 g/mol. The van der Waals surface area contributed by atoms with Crippen molar-refractivity contribution in [2.45, 2.75) is 25.7 Å². The van der Waals surface area contributed by atoms with Crippen molar-refractivity contribution in [1.29, 1.82) is 0 Å². The standard InChI is InChI=1S/C16H17ClN2O5/c17-14-5-10(6-19-16(14)24-13-3-4-22-9-13)15(21)18-7-11-1-2-12(8-20)23-11/h1-2,5-6,13,20H,3-4,7-9H2,(H,18,21). The molecule has 128 valence electrons. The van der Waals surface area contributed by atoms with E-state index >= 15 is 0 Å². The Morgan fingerprint density at radius 3 is 2.96 bits per heavy atom. The lowest BCUT2D eigenvalue weighted by molar-refractivity contribution is 0.0947. The fourth-order valence-electron chi connectivity index (χ4n) is 2.27. The van der Waals surface area contributed by atoms with E-state index in [0.29, 0.717) is 36.2 Å². The number of rotatable bonds is 6. The number of ether oxygens (including phenoxy) is 2. The molecule has 1 atom stereocenters. The Labute approximate surface area is 143 Å².